The molecule has 4 unspecified atom stereocenters. The van der Waals surface area contributed by atoms with Crippen molar-refractivity contribution >= 4 is 29.0 Å². The van der Waals surface area contributed by atoms with Gasteiger partial charge in [0.05, 0.1) is 11.1 Å². The summed E-state index contributed by atoms with van der Waals surface area (Å²) in [5.41, 5.74) is 0.373. The normalized spacial score (nSPS) is 29.5. The van der Waals surface area contributed by atoms with E-state index in [9.17, 15) is 23.2 Å². The van der Waals surface area contributed by atoms with E-state index in [0.29, 0.717) is 18.3 Å². The van der Waals surface area contributed by atoms with Crippen molar-refractivity contribution in [1.82, 2.24) is 15.5 Å². The minimum absolute atomic E-state index is 0.0658. The van der Waals surface area contributed by atoms with Crippen LogP contribution in [0.15, 0.2) is 35.1 Å². The summed E-state index contributed by atoms with van der Waals surface area (Å²) in [4.78, 5) is 20.8. The van der Waals surface area contributed by atoms with Crippen LogP contribution in [0.5, 0.6) is 0 Å². The average Bonchev–Trinajstić information content (AvgIpc) is 3.75. The van der Waals surface area contributed by atoms with Gasteiger partial charge in [0, 0.05) is 60.7 Å². The molecule has 2 saturated carbocycles. The fraction of sp³-hybridized carbons (Fsp3) is 0.560. The molecule has 192 valence electrons. The third-order valence-corrected chi connectivity index (χ3v) is 8.00. The molecule has 4 aliphatic rings. The number of benzene rings is 1. The number of nitrogens with zero attached hydrogens (tertiary/aromatic N) is 4. The maximum absolute atomic E-state index is 13.2. The highest BCUT2D eigenvalue weighted by Gasteiger charge is 2.69. The fourth-order valence-electron chi connectivity index (χ4n) is 5.64. The molecule has 1 aromatic carbocycles. The summed E-state index contributed by atoms with van der Waals surface area (Å²) in [5.74, 6) is 0.409. The van der Waals surface area contributed by atoms with Gasteiger partial charge in [0.1, 0.15) is 11.8 Å². The minimum Gasteiger partial charge on any atom is -0.371 e. The second-order valence-electron chi connectivity index (χ2n) is 10.2. The van der Waals surface area contributed by atoms with Gasteiger partial charge in [-0.05, 0) is 49.8 Å². The number of nitriles is 1. The average molecular weight is 521 g/mol. The van der Waals surface area contributed by atoms with Crippen molar-refractivity contribution in [3.8, 4) is 6.07 Å². The van der Waals surface area contributed by atoms with Crippen LogP contribution in [0.25, 0.3) is 0 Å². The van der Waals surface area contributed by atoms with Gasteiger partial charge >= 0.3 is 12.2 Å². The molecule has 2 heterocycles. The van der Waals surface area contributed by atoms with Crippen molar-refractivity contribution in [3.63, 3.8) is 0 Å². The summed E-state index contributed by atoms with van der Waals surface area (Å²) in [6.07, 6.45) is 1.06. The number of likely N-dealkylation sites (tertiary alicyclic amines) is 1. The molecule has 0 radical (unpaired) electrons. The van der Waals surface area contributed by atoms with Crippen LogP contribution in [0.1, 0.15) is 38.2 Å². The van der Waals surface area contributed by atoms with Gasteiger partial charge < -0.3 is 15.5 Å². The van der Waals surface area contributed by atoms with E-state index in [2.05, 4.69) is 33.5 Å². The zero-order valence-electron chi connectivity index (χ0n) is 20.1. The minimum atomic E-state index is -4.56. The maximum Gasteiger partial charge on any atom is 0.416 e. The molecule has 36 heavy (non-hydrogen) atoms. The predicted octanol–water partition coefficient (Wildman–Crippen LogP) is 4.55. The molecule has 2 aliphatic heterocycles. The van der Waals surface area contributed by atoms with Crippen molar-refractivity contribution in [2.24, 2.45) is 16.8 Å². The first-order chi connectivity index (χ1) is 17.0. The molecule has 0 spiro atoms. The molecule has 0 aromatic heterocycles. The van der Waals surface area contributed by atoms with Crippen LogP contribution in [-0.4, -0.2) is 54.4 Å². The predicted molar refractivity (Wildman–Crippen MR) is 131 cm³/mol. The first-order valence-corrected chi connectivity index (χ1v) is 12.6. The molecule has 3 fully saturated rings. The van der Waals surface area contributed by atoms with Crippen molar-refractivity contribution < 1.29 is 18.0 Å². The van der Waals surface area contributed by atoms with Gasteiger partial charge in [-0.15, -0.1) is 0 Å². The van der Waals surface area contributed by atoms with Gasteiger partial charge in [-0.2, -0.15) is 18.4 Å². The number of aliphatic imine (C=N–C) groups is 1. The largest absolute Gasteiger partial charge is 0.416 e. The molecule has 1 aromatic rings. The van der Waals surface area contributed by atoms with Crippen molar-refractivity contribution in [1.29, 1.82) is 5.26 Å². The molecule has 2 amide bonds. The number of nitrogens with one attached hydrogen (secondary N) is 2. The van der Waals surface area contributed by atoms with Crippen LogP contribution in [0.3, 0.4) is 0 Å². The summed E-state index contributed by atoms with van der Waals surface area (Å²) in [6.45, 7) is 3.52. The van der Waals surface area contributed by atoms with E-state index < -0.39 is 23.3 Å². The maximum atomic E-state index is 13.2. The standard InChI is InChI=1S/C25H28ClF3N6O/c1-14-22-20(12-31-21(11-30)24(14,22)33-17-5-6-17)35-7-3-4-18(13-35)32-23(36)34(2)19-9-15(25(27,28)29)8-16(26)10-19/h8-10,12,14,17-18,22,33H,3-7,13H2,1-2H3,(H,32,36). The number of hydrogen-bond acceptors (Lipinski definition) is 5. The molecule has 0 bridgehead atoms. The summed E-state index contributed by atoms with van der Waals surface area (Å²) in [6, 6.07) is 5.13. The van der Waals surface area contributed by atoms with Gasteiger partial charge in [-0.3, -0.25) is 4.90 Å². The number of alkyl halides is 3. The lowest BCUT2D eigenvalue weighted by Gasteiger charge is -2.38. The first-order valence-electron chi connectivity index (χ1n) is 12.2. The lowest BCUT2D eigenvalue weighted by molar-refractivity contribution is -0.137. The number of piperidine rings is 1. The Kier molecular flexibility index (Phi) is 6.20. The number of carbonyl (C=O) groups excluding carboxylic acids is 1. The summed E-state index contributed by atoms with van der Waals surface area (Å²) in [7, 11) is 1.42. The van der Waals surface area contributed by atoms with E-state index in [1.54, 1.807) is 6.20 Å². The summed E-state index contributed by atoms with van der Waals surface area (Å²) >= 11 is 5.89. The van der Waals surface area contributed by atoms with Crippen LogP contribution in [0.2, 0.25) is 5.02 Å². The molecule has 11 heteroatoms. The molecule has 7 nitrogen and oxygen atoms in total. The third kappa shape index (κ3) is 4.43. The van der Waals surface area contributed by atoms with Gasteiger partial charge in [-0.25, -0.2) is 9.79 Å². The second kappa shape index (κ2) is 8.96. The number of anilines is 1. The zero-order chi connectivity index (χ0) is 25.8. The third-order valence-electron chi connectivity index (χ3n) is 7.78. The molecule has 2 aliphatic carbocycles. The SMILES string of the molecule is CC1C2C(N3CCCC(NC(=O)N(C)c4cc(Cl)cc(C(F)(F)F)c4)C3)=CN=C(C#N)C12NC1CC1. The van der Waals surface area contributed by atoms with E-state index >= 15 is 0 Å². The topological polar surface area (TPSA) is 83.8 Å². The smallest absolute Gasteiger partial charge is 0.371 e. The number of rotatable bonds is 5. The van der Waals surface area contributed by atoms with Gasteiger partial charge in [0.2, 0.25) is 0 Å². The van der Waals surface area contributed by atoms with Crippen LogP contribution >= 0.6 is 11.6 Å². The van der Waals surface area contributed by atoms with Crippen LogP contribution in [-0.2, 0) is 6.18 Å². The van der Waals surface area contributed by atoms with Gasteiger partial charge in [-0.1, -0.05) is 18.5 Å². The number of halogens is 4. The highest BCUT2D eigenvalue weighted by atomic mass is 35.5. The van der Waals surface area contributed by atoms with Crippen molar-refractivity contribution in [3.05, 3.63) is 40.7 Å². The van der Waals surface area contributed by atoms with E-state index in [0.717, 1.165) is 55.0 Å². The van der Waals surface area contributed by atoms with Gasteiger partial charge in [0.15, 0.2) is 0 Å². The quantitative estimate of drug-likeness (QED) is 0.597. The molecular weight excluding hydrogens is 493 g/mol. The number of amides is 2. The Bertz CT molecular complexity index is 1170. The molecule has 4 atom stereocenters. The Morgan fingerprint density at radius 3 is 2.69 bits per heavy atom. The monoisotopic (exact) mass is 520 g/mol. The van der Waals surface area contributed by atoms with Crippen molar-refractivity contribution in [2.45, 2.75) is 56.4 Å². The number of urea groups is 1. The van der Waals surface area contributed by atoms with Crippen LogP contribution in [0, 0.1) is 23.2 Å². The van der Waals surface area contributed by atoms with E-state index in [-0.39, 0.29) is 28.6 Å². The molecular formula is C25H28ClF3N6O. The molecule has 1 saturated heterocycles. The zero-order valence-corrected chi connectivity index (χ0v) is 20.8. The van der Waals surface area contributed by atoms with Crippen LogP contribution < -0.4 is 15.5 Å². The number of fused-ring (bicyclic) bond motifs is 1. The van der Waals surface area contributed by atoms with Gasteiger partial charge in [0.25, 0.3) is 0 Å². The number of carbonyl (C=O) groups is 1. The molecule has 5 rings (SSSR count). The first kappa shape index (κ1) is 24.9. The lowest BCUT2D eigenvalue weighted by Crippen LogP contribution is -2.52. The molecule has 2 N–H and O–H groups in total. The lowest BCUT2D eigenvalue weighted by atomic mass is 10.00. The Morgan fingerprint density at radius 2 is 2.03 bits per heavy atom. The highest BCUT2D eigenvalue weighted by Crippen LogP contribution is 2.59. The highest BCUT2D eigenvalue weighted by molar-refractivity contribution is 6.31. The summed E-state index contributed by atoms with van der Waals surface area (Å²) < 4.78 is 39.6. The van der Waals surface area contributed by atoms with E-state index in [1.807, 2.05) is 0 Å². The Balaban J connectivity index is 1.27. The van der Waals surface area contributed by atoms with Crippen LogP contribution in [0.4, 0.5) is 23.7 Å². The second-order valence-corrected chi connectivity index (χ2v) is 10.6. The Labute approximate surface area is 213 Å². The van der Waals surface area contributed by atoms with Crippen molar-refractivity contribution in [2.75, 3.05) is 25.0 Å². The Morgan fingerprint density at radius 1 is 1.28 bits per heavy atom. The summed E-state index contributed by atoms with van der Waals surface area (Å²) in [5, 5.41) is 16.2. The van der Waals surface area contributed by atoms with E-state index in [1.165, 1.54) is 13.1 Å². The Hall–Kier alpha value is -2.77. The fourth-order valence-corrected chi connectivity index (χ4v) is 5.86. The van der Waals surface area contributed by atoms with E-state index in [4.69, 9.17) is 11.6 Å². The number of hydrogen-bond donors (Lipinski definition) is 2.